The summed E-state index contributed by atoms with van der Waals surface area (Å²) in [5.41, 5.74) is 1.46. The highest BCUT2D eigenvalue weighted by Crippen LogP contribution is 2.31. The molecule has 24 heavy (non-hydrogen) atoms. The topological polar surface area (TPSA) is 23.6 Å². The van der Waals surface area contributed by atoms with Gasteiger partial charge in [0.1, 0.15) is 0 Å². The van der Waals surface area contributed by atoms with Crippen molar-refractivity contribution >= 4 is 17.5 Å². The summed E-state index contributed by atoms with van der Waals surface area (Å²) in [7, 11) is 0. The van der Waals surface area contributed by atoms with Crippen LogP contribution in [0.1, 0.15) is 45.1 Å². The third-order valence-electron chi connectivity index (χ3n) is 5.50. The summed E-state index contributed by atoms with van der Waals surface area (Å²) in [5, 5.41) is 0.839. The van der Waals surface area contributed by atoms with E-state index in [1.807, 2.05) is 18.2 Å². The molecule has 1 aromatic carbocycles. The first kappa shape index (κ1) is 17.8. The minimum Gasteiger partial charge on any atom is -0.342 e. The van der Waals surface area contributed by atoms with Crippen LogP contribution < -0.4 is 0 Å². The minimum absolute atomic E-state index is 0.210. The van der Waals surface area contributed by atoms with Crippen LogP contribution in [0.3, 0.4) is 0 Å². The Morgan fingerprint density at radius 1 is 1.21 bits per heavy atom. The van der Waals surface area contributed by atoms with Crippen molar-refractivity contribution < 1.29 is 4.79 Å². The molecule has 0 atom stereocenters. The molecule has 0 radical (unpaired) electrons. The fourth-order valence-corrected chi connectivity index (χ4v) is 4.27. The third kappa shape index (κ3) is 4.31. The maximum Gasteiger partial charge on any atom is 0.225 e. The van der Waals surface area contributed by atoms with E-state index in [4.69, 9.17) is 11.6 Å². The normalized spacial score (nSPS) is 22.5. The highest BCUT2D eigenvalue weighted by Gasteiger charge is 2.33. The summed E-state index contributed by atoms with van der Waals surface area (Å²) in [6, 6.07) is 8.05. The second-order valence-electron chi connectivity index (χ2n) is 8.17. The van der Waals surface area contributed by atoms with Gasteiger partial charge in [0.05, 0.1) is 0 Å². The lowest BCUT2D eigenvalue weighted by atomic mass is 9.83. The molecule has 2 heterocycles. The van der Waals surface area contributed by atoms with Crippen molar-refractivity contribution in [2.75, 3.05) is 26.2 Å². The predicted molar refractivity (Wildman–Crippen MR) is 99.0 cm³/mol. The molecule has 0 aliphatic carbocycles. The lowest BCUT2D eigenvalue weighted by molar-refractivity contribution is -0.140. The molecule has 3 nitrogen and oxygen atoms in total. The van der Waals surface area contributed by atoms with Crippen molar-refractivity contribution in [3.8, 4) is 0 Å². The van der Waals surface area contributed by atoms with Crippen molar-refractivity contribution in [3.63, 3.8) is 0 Å². The SMILES string of the molecule is CC1(C)CCCN(C(=O)C2CCN(Cc3ccccc3Cl)CC2)C1. The van der Waals surface area contributed by atoms with Gasteiger partial charge >= 0.3 is 0 Å². The van der Waals surface area contributed by atoms with Gasteiger partial charge in [-0.2, -0.15) is 0 Å². The summed E-state index contributed by atoms with van der Waals surface area (Å²) < 4.78 is 0. The van der Waals surface area contributed by atoms with Crippen LogP contribution in [-0.2, 0) is 11.3 Å². The van der Waals surface area contributed by atoms with Crippen LogP contribution in [0.15, 0.2) is 24.3 Å². The standard InChI is InChI=1S/C20H29ClN2O/c1-20(2)10-5-11-23(15-20)19(24)16-8-12-22(13-9-16)14-17-6-3-4-7-18(17)21/h3-4,6-7,16H,5,8-15H2,1-2H3. The molecule has 0 saturated carbocycles. The summed E-state index contributed by atoms with van der Waals surface area (Å²) in [5.74, 6) is 0.599. The molecule has 0 N–H and O–H groups in total. The van der Waals surface area contributed by atoms with Gasteiger partial charge in [-0.1, -0.05) is 43.6 Å². The highest BCUT2D eigenvalue weighted by atomic mass is 35.5. The van der Waals surface area contributed by atoms with Crippen LogP contribution in [0.25, 0.3) is 0 Å². The number of amides is 1. The van der Waals surface area contributed by atoms with Crippen molar-refractivity contribution in [2.45, 2.75) is 46.1 Å². The zero-order chi connectivity index (χ0) is 17.2. The molecule has 2 aliphatic heterocycles. The zero-order valence-electron chi connectivity index (χ0n) is 14.9. The number of hydrogen-bond acceptors (Lipinski definition) is 2. The molecule has 0 unspecified atom stereocenters. The molecule has 0 spiro atoms. The predicted octanol–water partition coefficient (Wildman–Crippen LogP) is 4.20. The van der Waals surface area contributed by atoms with E-state index in [-0.39, 0.29) is 11.3 Å². The molecule has 0 bridgehead atoms. The molecule has 4 heteroatoms. The van der Waals surface area contributed by atoms with Gasteiger partial charge in [0.2, 0.25) is 5.91 Å². The molecular weight excluding hydrogens is 320 g/mol. The summed E-state index contributed by atoms with van der Waals surface area (Å²) in [6.07, 6.45) is 4.32. The van der Waals surface area contributed by atoms with E-state index in [1.165, 1.54) is 12.0 Å². The Hall–Kier alpha value is -1.06. The first-order chi connectivity index (χ1) is 11.4. The minimum atomic E-state index is 0.210. The molecule has 1 amide bonds. The Morgan fingerprint density at radius 2 is 1.92 bits per heavy atom. The molecule has 0 aromatic heterocycles. The molecule has 2 saturated heterocycles. The summed E-state index contributed by atoms with van der Waals surface area (Å²) in [4.78, 5) is 17.4. The number of piperidine rings is 2. The van der Waals surface area contributed by atoms with Gasteiger partial charge < -0.3 is 4.90 Å². The van der Waals surface area contributed by atoms with Gasteiger partial charge in [-0.15, -0.1) is 0 Å². The van der Waals surface area contributed by atoms with Crippen LogP contribution in [0.4, 0.5) is 0 Å². The Bertz CT molecular complexity index is 579. The molecule has 132 valence electrons. The van der Waals surface area contributed by atoms with Crippen LogP contribution >= 0.6 is 11.6 Å². The molecule has 2 fully saturated rings. The van der Waals surface area contributed by atoms with E-state index < -0.39 is 0 Å². The second kappa shape index (κ2) is 7.45. The first-order valence-corrected chi connectivity index (χ1v) is 9.57. The number of likely N-dealkylation sites (tertiary alicyclic amines) is 2. The van der Waals surface area contributed by atoms with E-state index in [2.05, 4.69) is 29.7 Å². The highest BCUT2D eigenvalue weighted by molar-refractivity contribution is 6.31. The smallest absolute Gasteiger partial charge is 0.225 e. The molecular formula is C20H29ClN2O. The zero-order valence-corrected chi connectivity index (χ0v) is 15.7. The van der Waals surface area contributed by atoms with Crippen LogP contribution in [0, 0.1) is 11.3 Å². The lowest BCUT2D eigenvalue weighted by Gasteiger charge is -2.41. The number of hydrogen-bond donors (Lipinski definition) is 0. The van der Waals surface area contributed by atoms with E-state index in [0.29, 0.717) is 5.91 Å². The molecule has 2 aliphatic rings. The van der Waals surface area contributed by atoms with E-state index in [1.54, 1.807) is 0 Å². The van der Waals surface area contributed by atoms with Gasteiger partial charge in [0, 0.05) is 30.6 Å². The quantitative estimate of drug-likeness (QED) is 0.817. The van der Waals surface area contributed by atoms with Crippen molar-refractivity contribution in [3.05, 3.63) is 34.9 Å². The van der Waals surface area contributed by atoms with Gasteiger partial charge in [-0.3, -0.25) is 9.69 Å². The summed E-state index contributed by atoms with van der Waals surface area (Å²) in [6.45, 7) is 9.28. The third-order valence-corrected chi connectivity index (χ3v) is 5.87. The monoisotopic (exact) mass is 348 g/mol. The van der Waals surface area contributed by atoms with E-state index >= 15 is 0 Å². The maximum atomic E-state index is 12.8. The van der Waals surface area contributed by atoms with Crippen molar-refractivity contribution in [1.29, 1.82) is 0 Å². The number of nitrogens with zero attached hydrogens (tertiary/aromatic N) is 2. The van der Waals surface area contributed by atoms with Crippen molar-refractivity contribution in [2.24, 2.45) is 11.3 Å². The number of halogens is 1. The largest absolute Gasteiger partial charge is 0.342 e. The van der Waals surface area contributed by atoms with E-state index in [0.717, 1.165) is 57.0 Å². The number of carbonyl (C=O) groups is 1. The first-order valence-electron chi connectivity index (χ1n) is 9.19. The average Bonchev–Trinajstić information content (AvgIpc) is 2.56. The number of carbonyl (C=O) groups excluding carboxylic acids is 1. The maximum absolute atomic E-state index is 12.8. The lowest BCUT2D eigenvalue weighted by Crippen LogP contribution is -2.48. The number of benzene rings is 1. The summed E-state index contributed by atoms with van der Waals surface area (Å²) >= 11 is 6.26. The fraction of sp³-hybridized carbons (Fsp3) is 0.650. The van der Waals surface area contributed by atoms with Crippen LogP contribution in [-0.4, -0.2) is 41.9 Å². The van der Waals surface area contributed by atoms with Gasteiger partial charge in [0.25, 0.3) is 0 Å². The Labute approximate surface area is 151 Å². The second-order valence-corrected chi connectivity index (χ2v) is 8.58. The van der Waals surface area contributed by atoms with Crippen molar-refractivity contribution in [1.82, 2.24) is 9.80 Å². The Balaban J connectivity index is 1.51. The van der Waals surface area contributed by atoms with Crippen LogP contribution in [0.5, 0.6) is 0 Å². The van der Waals surface area contributed by atoms with Gasteiger partial charge in [-0.05, 0) is 55.8 Å². The average molecular weight is 349 g/mol. The fourth-order valence-electron chi connectivity index (χ4n) is 4.08. The van der Waals surface area contributed by atoms with E-state index in [9.17, 15) is 4.79 Å². The van der Waals surface area contributed by atoms with Gasteiger partial charge in [-0.25, -0.2) is 0 Å². The Morgan fingerprint density at radius 3 is 2.58 bits per heavy atom. The Kier molecular flexibility index (Phi) is 5.51. The van der Waals surface area contributed by atoms with Gasteiger partial charge in [0.15, 0.2) is 0 Å². The van der Waals surface area contributed by atoms with Crippen LogP contribution in [0.2, 0.25) is 5.02 Å². The molecule has 1 aromatic rings. The molecule has 3 rings (SSSR count). The number of rotatable bonds is 3.